The number of nitrogens with one attached hydrogen (secondary N) is 2. The molecule has 0 amide bonds. The van der Waals surface area contributed by atoms with Gasteiger partial charge in [-0.05, 0) is 42.0 Å². The van der Waals surface area contributed by atoms with Gasteiger partial charge in [-0.15, -0.1) is 0 Å². The van der Waals surface area contributed by atoms with Gasteiger partial charge in [0, 0.05) is 13.1 Å². The molecule has 0 aliphatic heterocycles. The highest BCUT2D eigenvalue weighted by Gasteiger charge is 2.33. The van der Waals surface area contributed by atoms with Crippen LogP contribution in [0.3, 0.4) is 0 Å². The number of nitro groups is 1. The molecule has 0 spiro atoms. The molecule has 0 aliphatic rings. The van der Waals surface area contributed by atoms with Crippen molar-refractivity contribution in [2.24, 2.45) is 5.10 Å². The topological polar surface area (TPSA) is 88.8 Å². The summed E-state index contributed by atoms with van der Waals surface area (Å²) in [7, 11) is 1.62. The first-order chi connectivity index (χ1) is 12.7. The molecule has 0 aromatic heterocycles. The first kappa shape index (κ1) is 20.1. The number of nitro benzene ring substituents is 1. The van der Waals surface area contributed by atoms with Gasteiger partial charge in [-0.2, -0.15) is 18.3 Å². The standard InChI is InChI=1S/C16H13F3N4O3S/c1-20-15(27)22-21-9-10-3-2-4-12(7-10)26-14-6-5-11(16(17,18)19)8-13(14)23(24)25/h2-9H,1H3,(H2,20,22,27)/b21-9-. The lowest BCUT2D eigenvalue weighted by atomic mass is 10.2. The van der Waals surface area contributed by atoms with E-state index in [9.17, 15) is 23.3 Å². The van der Waals surface area contributed by atoms with Crippen LogP contribution in [0.1, 0.15) is 11.1 Å². The molecular formula is C16H13F3N4O3S. The number of rotatable bonds is 5. The molecule has 2 rings (SSSR count). The molecule has 0 atom stereocenters. The molecule has 0 radical (unpaired) electrons. The van der Waals surface area contributed by atoms with E-state index >= 15 is 0 Å². The number of ether oxygens (including phenoxy) is 1. The van der Waals surface area contributed by atoms with E-state index in [1.54, 1.807) is 19.2 Å². The van der Waals surface area contributed by atoms with Gasteiger partial charge in [0.25, 0.3) is 0 Å². The summed E-state index contributed by atoms with van der Waals surface area (Å²) in [6, 6.07) is 8.36. The summed E-state index contributed by atoms with van der Waals surface area (Å²) in [4.78, 5) is 10.2. The van der Waals surface area contributed by atoms with E-state index in [2.05, 4.69) is 15.8 Å². The molecule has 142 valence electrons. The van der Waals surface area contributed by atoms with Crippen molar-refractivity contribution >= 4 is 29.2 Å². The summed E-state index contributed by atoms with van der Waals surface area (Å²) in [5.41, 5.74) is 1.21. The predicted octanol–water partition coefficient (Wildman–Crippen LogP) is 3.83. The lowest BCUT2D eigenvalue weighted by Crippen LogP contribution is -2.28. The van der Waals surface area contributed by atoms with Crippen LogP contribution in [0.2, 0.25) is 0 Å². The van der Waals surface area contributed by atoms with Crippen LogP contribution in [-0.4, -0.2) is 23.3 Å². The van der Waals surface area contributed by atoms with Crippen molar-refractivity contribution in [2.75, 3.05) is 7.05 Å². The molecule has 0 bridgehead atoms. The highest BCUT2D eigenvalue weighted by Crippen LogP contribution is 2.37. The van der Waals surface area contributed by atoms with Crippen LogP contribution in [0.5, 0.6) is 11.5 Å². The Balaban J connectivity index is 2.25. The van der Waals surface area contributed by atoms with Crippen LogP contribution in [-0.2, 0) is 6.18 Å². The zero-order chi connectivity index (χ0) is 20.0. The minimum Gasteiger partial charge on any atom is -0.450 e. The lowest BCUT2D eigenvalue weighted by molar-refractivity contribution is -0.385. The molecule has 2 aromatic carbocycles. The minimum atomic E-state index is -4.69. The number of hydrogen-bond donors (Lipinski definition) is 2. The van der Waals surface area contributed by atoms with Crippen LogP contribution in [0, 0.1) is 10.1 Å². The lowest BCUT2D eigenvalue weighted by Gasteiger charge is -2.10. The molecule has 7 nitrogen and oxygen atoms in total. The second-order valence-corrected chi connectivity index (χ2v) is 5.47. The maximum Gasteiger partial charge on any atom is 0.416 e. The average Bonchev–Trinajstić information content (AvgIpc) is 2.61. The maximum absolute atomic E-state index is 12.7. The van der Waals surface area contributed by atoms with Crippen LogP contribution >= 0.6 is 12.2 Å². The number of nitrogens with zero attached hydrogens (tertiary/aromatic N) is 2. The Morgan fingerprint density at radius 3 is 2.67 bits per heavy atom. The Morgan fingerprint density at radius 2 is 2.04 bits per heavy atom. The molecule has 0 aliphatic carbocycles. The maximum atomic E-state index is 12.7. The van der Waals surface area contributed by atoms with Gasteiger partial charge in [-0.1, -0.05) is 12.1 Å². The van der Waals surface area contributed by atoms with Crippen molar-refractivity contribution in [1.29, 1.82) is 0 Å². The van der Waals surface area contributed by atoms with Crippen molar-refractivity contribution in [2.45, 2.75) is 6.18 Å². The molecule has 2 aromatic rings. The van der Waals surface area contributed by atoms with Crippen LogP contribution in [0.25, 0.3) is 0 Å². The summed E-state index contributed by atoms with van der Waals surface area (Å²) in [6.45, 7) is 0. The number of thiocarbonyl (C=S) groups is 1. The molecule has 0 saturated heterocycles. The van der Waals surface area contributed by atoms with Gasteiger partial charge in [0.15, 0.2) is 5.11 Å². The van der Waals surface area contributed by atoms with Gasteiger partial charge in [0.05, 0.1) is 16.7 Å². The molecule has 2 N–H and O–H groups in total. The summed E-state index contributed by atoms with van der Waals surface area (Å²) >= 11 is 4.85. The fourth-order valence-corrected chi connectivity index (χ4v) is 1.98. The quantitative estimate of drug-likeness (QED) is 0.344. The Hall–Kier alpha value is -3.21. The second kappa shape index (κ2) is 8.45. The highest BCUT2D eigenvalue weighted by molar-refractivity contribution is 7.80. The smallest absolute Gasteiger partial charge is 0.416 e. The first-order valence-corrected chi connectivity index (χ1v) is 7.76. The Kier molecular flexibility index (Phi) is 6.29. The molecule has 0 heterocycles. The van der Waals surface area contributed by atoms with Gasteiger partial charge in [0.2, 0.25) is 5.75 Å². The number of hydrazone groups is 1. The Labute approximate surface area is 157 Å². The third kappa shape index (κ3) is 5.64. The monoisotopic (exact) mass is 398 g/mol. The third-order valence-electron chi connectivity index (χ3n) is 3.18. The highest BCUT2D eigenvalue weighted by atomic mass is 32.1. The molecule has 27 heavy (non-hydrogen) atoms. The van der Waals surface area contributed by atoms with Crippen LogP contribution in [0.4, 0.5) is 18.9 Å². The number of alkyl halides is 3. The van der Waals surface area contributed by atoms with E-state index in [0.717, 1.165) is 12.1 Å². The second-order valence-electron chi connectivity index (χ2n) is 5.06. The normalized spacial score (nSPS) is 11.3. The van der Waals surface area contributed by atoms with E-state index in [0.29, 0.717) is 16.7 Å². The van der Waals surface area contributed by atoms with Crippen LogP contribution in [0.15, 0.2) is 47.6 Å². The van der Waals surface area contributed by atoms with Crippen molar-refractivity contribution < 1.29 is 22.8 Å². The van der Waals surface area contributed by atoms with Gasteiger partial charge in [0.1, 0.15) is 5.75 Å². The first-order valence-electron chi connectivity index (χ1n) is 7.35. The largest absolute Gasteiger partial charge is 0.450 e. The number of benzene rings is 2. The van der Waals surface area contributed by atoms with Gasteiger partial charge >= 0.3 is 11.9 Å². The minimum absolute atomic E-state index is 0.193. The van der Waals surface area contributed by atoms with Gasteiger partial charge < -0.3 is 10.1 Å². The zero-order valence-electron chi connectivity index (χ0n) is 13.8. The fourth-order valence-electron chi connectivity index (χ4n) is 1.93. The zero-order valence-corrected chi connectivity index (χ0v) is 14.6. The fraction of sp³-hybridized carbons (Fsp3) is 0.125. The van der Waals surface area contributed by atoms with Gasteiger partial charge in [-0.25, -0.2) is 0 Å². The van der Waals surface area contributed by atoms with Crippen molar-refractivity contribution in [1.82, 2.24) is 10.7 Å². The summed E-state index contributed by atoms with van der Waals surface area (Å²) in [5.74, 6) is -0.116. The summed E-state index contributed by atoms with van der Waals surface area (Å²) in [6.07, 6.45) is -3.27. The van der Waals surface area contributed by atoms with Crippen LogP contribution < -0.4 is 15.5 Å². The van der Waals surface area contributed by atoms with E-state index in [1.165, 1.54) is 18.3 Å². The molecule has 11 heteroatoms. The average molecular weight is 398 g/mol. The SMILES string of the molecule is CNC(=S)N/N=C\c1cccc(Oc2ccc(C(F)(F)F)cc2[N+](=O)[O-])c1. The summed E-state index contributed by atoms with van der Waals surface area (Å²) < 4.78 is 43.6. The number of hydrogen-bond acceptors (Lipinski definition) is 5. The predicted molar refractivity (Wildman–Crippen MR) is 97.0 cm³/mol. The molecule has 0 fully saturated rings. The van der Waals surface area contributed by atoms with Crippen molar-refractivity contribution in [3.63, 3.8) is 0 Å². The molecule has 0 saturated carbocycles. The van der Waals surface area contributed by atoms with E-state index in [4.69, 9.17) is 17.0 Å². The van der Waals surface area contributed by atoms with E-state index < -0.39 is 22.4 Å². The molecular weight excluding hydrogens is 385 g/mol. The van der Waals surface area contributed by atoms with E-state index in [-0.39, 0.29) is 11.5 Å². The Morgan fingerprint density at radius 1 is 1.30 bits per heavy atom. The third-order valence-corrected chi connectivity index (χ3v) is 3.47. The Bertz CT molecular complexity index is 887. The summed E-state index contributed by atoms with van der Waals surface area (Å²) in [5, 5.41) is 17.9. The number of halogens is 3. The van der Waals surface area contributed by atoms with Crippen molar-refractivity contribution in [3.05, 3.63) is 63.7 Å². The van der Waals surface area contributed by atoms with Crippen molar-refractivity contribution in [3.8, 4) is 11.5 Å². The van der Waals surface area contributed by atoms with E-state index in [1.807, 2.05) is 0 Å². The molecule has 0 unspecified atom stereocenters. The van der Waals surface area contributed by atoms with Gasteiger partial charge in [-0.3, -0.25) is 15.5 Å².